The Hall–Kier alpha value is -1.85. The summed E-state index contributed by atoms with van der Waals surface area (Å²) in [5.41, 5.74) is 5.35. The van der Waals surface area contributed by atoms with Gasteiger partial charge in [-0.05, 0) is 30.9 Å². The molecule has 2 unspecified atom stereocenters. The molecule has 0 aromatic heterocycles. The van der Waals surface area contributed by atoms with E-state index in [0.717, 1.165) is 37.8 Å². The molecular formula is C15H21F2N3O. The molecule has 1 fully saturated rings. The van der Waals surface area contributed by atoms with E-state index in [4.69, 9.17) is 10.9 Å². The molecule has 1 aliphatic rings. The lowest BCUT2D eigenvalue weighted by atomic mass is 9.86. The molecule has 0 radical (unpaired) electrons. The third-order valence-electron chi connectivity index (χ3n) is 4.23. The van der Waals surface area contributed by atoms with Crippen molar-refractivity contribution < 1.29 is 14.0 Å². The highest BCUT2D eigenvalue weighted by Gasteiger charge is 2.26. The summed E-state index contributed by atoms with van der Waals surface area (Å²) in [6.45, 7) is 2.16. The zero-order valence-corrected chi connectivity index (χ0v) is 12.3. The Bertz CT molecular complexity index is 525. The van der Waals surface area contributed by atoms with Crippen molar-refractivity contribution in [2.24, 2.45) is 16.8 Å². The Kier molecular flexibility index (Phi) is 4.65. The number of benzene rings is 1. The Labute approximate surface area is 123 Å². The maximum atomic E-state index is 14.2. The summed E-state index contributed by atoms with van der Waals surface area (Å²) in [5, 5.41) is 11.4. The van der Waals surface area contributed by atoms with Gasteiger partial charge in [-0.25, -0.2) is 8.78 Å². The van der Waals surface area contributed by atoms with Crippen molar-refractivity contribution >= 4 is 11.5 Å². The van der Waals surface area contributed by atoms with Crippen LogP contribution in [0.2, 0.25) is 0 Å². The van der Waals surface area contributed by atoms with Gasteiger partial charge in [-0.2, -0.15) is 0 Å². The molecule has 4 nitrogen and oxygen atoms in total. The van der Waals surface area contributed by atoms with Gasteiger partial charge < -0.3 is 15.8 Å². The molecule has 2 atom stereocenters. The van der Waals surface area contributed by atoms with Crippen molar-refractivity contribution in [1.82, 2.24) is 0 Å². The number of halogens is 2. The third kappa shape index (κ3) is 3.25. The first-order valence-corrected chi connectivity index (χ1v) is 7.13. The van der Waals surface area contributed by atoms with Gasteiger partial charge in [0.15, 0.2) is 5.84 Å². The maximum Gasteiger partial charge on any atom is 0.170 e. The van der Waals surface area contributed by atoms with Crippen LogP contribution < -0.4 is 10.6 Å². The fourth-order valence-corrected chi connectivity index (χ4v) is 3.04. The largest absolute Gasteiger partial charge is 0.409 e. The molecule has 0 bridgehead atoms. The maximum absolute atomic E-state index is 14.2. The normalized spacial score (nSPS) is 23.1. The number of hydrogen-bond donors (Lipinski definition) is 2. The minimum atomic E-state index is -0.697. The van der Waals surface area contributed by atoms with Crippen LogP contribution in [0.15, 0.2) is 17.3 Å². The highest BCUT2D eigenvalue weighted by molar-refractivity contribution is 5.97. The van der Waals surface area contributed by atoms with Crippen LogP contribution in [0.5, 0.6) is 0 Å². The van der Waals surface area contributed by atoms with E-state index in [9.17, 15) is 8.78 Å². The summed E-state index contributed by atoms with van der Waals surface area (Å²) in [6.07, 6.45) is 4.10. The second kappa shape index (κ2) is 6.28. The molecule has 3 N–H and O–H groups in total. The average molecular weight is 297 g/mol. The minimum Gasteiger partial charge on any atom is -0.409 e. The Morgan fingerprint density at radius 3 is 2.48 bits per heavy atom. The molecule has 6 heteroatoms. The quantitative estimate of drug-likeness (QED) is 0.390. The zero-order chi connectivity index (χ0) is 15.6. The molecule has 1 aromatic rings. The molecule has 2 rings (SSSR count). The molecular weight excluding hydrogens is 276 g/mol. The highest BCUT2D eigenvalue weighted by atomic mass is 19.1. The smallest absolute Gasteiger partial charge is 0.170 e. The van der Waals surface area contributed by atoms with Crippen LogP contribution >= 0.6 is 0 Å². The van der Waals surface area contributed by atoms with Crippen LogP contribution in [0.3, 0.4) is 0 Å². The monoisotopic (exact) mass is 297 g/mol. The SMILES string of the molecule is CC1CCCC(N(C)c2c(F)cc(C(N)=NO)cc2F)C1. The van der Waals surface area contributed by atoms with Gasteiger partial charge in [-0.15, -0.1) is 0 Å². The van der Waals surface area contributed by atoms with Gasteiger partial charge in [0.1, 0.15) is 17.3 Å². The first-order valence-electron chi connectivity index (χ1n) is 7.13. The molecule has 0 saturated heterocycles. The Morgan fingerprint density at radius 2 is 1.95 bits per heavy atom. The number of oxime groups is 1. The molecule has 0 spiro atoms. The predicted molar refractivity (Wildman–Crippen MR) is 78.7 cm³/mol. The Balaban J connectivity index is 2.31. The second-order valence-corrected chi connectivity index (χ2v) is 5.81. The first-order chi connectivity index (χ1) is 9.93. The third-order valence-corrected chi connectivity index (χ3v) is 4.23. The van der Waals surface area contributed by atoms with E-state index in [1.807, 2.05) is 0 Å². The van der Waals surface area contributed by atoms with E-state index in [1.54, 1.807) is 11.9 Å². The minimum absolute atomic E-state index is 0.0293. The number of rotatable bonds is 3. The van der Waals surface area contributed by atoms with E-state index < -0.39 is 11.6 Å². The lowest BCUT2D eigenvalue weighted by Crippen LogP contribution is -2.36. The van der Waals surface area contributed by atoms with E-state index in [0.29, 0.717) is 5.92 Å². The van der Waals surface area contributed by atoms with Gasteiger partial charge in [-0.1, -0.05) is 24.9 Å². The van der Waals surface area contributed by atoms with Gasteiger partial charge in [0, 0.05) is 18.7 Å². The molecule has 0 heterocycles. The van der Waals surface area contributed by atoms with Gasteiger partial charge >= 0.3 is 0 Å². The lowest BCUT2D eigenvalue weighted by Gasteiger charge is -2.36. The molecule has 1 saturated carbocycles. The van der Waals surface area contributed by atoms with Gasteiger partial charge in [0.05, 0.1) is 0 Å². The predicted octanol–water partition coefficient (Wildman–Crippen LogP) is 3.07. The van der Waals surface area contributed by atoms with Crippen molar-refractivity contribution in [2.45, 2.75) is 38.6 Å². The van der Waals surface area contributed by atoms with Gasteiger partial charge in [0.2, 0.25) is 0 Å². The number of nitrogens with zero attached hydrogens (tertiary/aromatic N) is 2. The van der Waals surface area contributed by atoms with Crippen LogP contribution in [-0.4, -0.2) is 24.1 Å². The number of nitrogens with two attached hydrogens (primary N) is 1. The standard InChI is InChI=1S/C15H21F2N3O/c1-9-4-3-5-11(6-9)20(2)14-12(16)7-10(8-13(14)17)15(18)19-21/h7-9,11,21H,3-6H2,1-2H3,(H2,18,19). The van der Waals surface area contributed by atoms with Gasteiger partial charge in [0.25, 0.3) is 0 Å². The number of anilines is 1. The fourth-order valence-electron chi connectivity index (χ4n) is 3.04. The fraction of sp³-hybridized carbons (Fsp3) is 0.533. The van der Waals surface area contributed by atoms with Crippen LogP contribution in [0.25, 0.3) is 0 Å². The van der Waals surface area contributed by atoms with Crippen LogP contribution in [0.4, 0.5) is 14.5 Å². The number of hydrogen-bond acceptors (Lipinski definition) is 3. The summed E-state index contributed by atoms with van der Waals surface area (Å²) >= 11 is 0. The van der Waals surface area contributed by atoms with Crippen molar-refractivity contribution in [3.8, 4) is 0 Å². The van der Waals surface area contributed by atoms with Crippen molar-refractivity contribution in [3.05, 3.63) is 29.3 Å². The average Bonchev–Trinajstić information content (AvgIpc) is 2.45. The molecule has 0 aliphatic heterocycles. The Morgan fingerprint density at radius 1 is 1.33 bits per heavy atom. The first kappa shape index (κ1) is 15.5. The summed E-state index contributed by atoms with van der Waals surface area (Å²) in [5.74, 6) is -1.14. The summed E-state index contributed by atoms with van der Waals surface area (Å²) in [7, 11) is 1.72. The molecule has 1 aromatic carbocycles. The van der Waals surface area contributed by atoms with Crippen LogP contribution in [0, 0.1) is 17.6 Å². The van der Waals surface area contributed by atoms with E-state index >= 15 is 0 Å². The van der Waals surface area contributed by atoms with Crippen molar-refractivity contribution in [3.63, 3.8) is 0 Å². The lowest BCUT2D eigenvalue weighted by molar-refractivity contribution is 0.318. The molecule has 1 aliphatic carbocycles. The topological polar surface area (TPSA) is 61.8 Å². The van der Waals surface area contributed by atoms with Gasteiger partial charge in [-0.3, -0.25) is 0 Å². The molecule has 0 amide bonds. The van der Waals surface area contributed by atoms with Crippen LogP contribution in [0.1, 0.15) is 38.2 Å². The summed E-state index contributed by atoms with van der Waals surface area (Å²) < 4.78 is 28.5. The van der Waals surface area contributed by atoms with Crippen LogP contribution in [-0.2, 0) is 0 Å². The van der Waals surface area contributed by atoms with E-state index in [-0.39, 0.29) is 23.1 Å². The van der Waals surface area contributed by atoms with Crippen molar-refractivity contribution in [1.29, 1.82) is 0 Å². The second-order valence-electron chi connectivity index (χ2n) is 5.81. The summed E-state index contributed by atoms with van der Waals surface area (Å²) in [4.78, 5) is 1.68. The summed E-state index contributed by atoms with van der Waals surface area (Å²) in [6, 6.07) is 2.32. The highest BCUT2D eigenvalue weighted by Crippen LogP contribution is 2.32. The molecule has 116 valence electrons. The van der Waals surface area contributed by atoms with E-state index in [1.165, 1.54) is 0 Å². The van der Waals surface area contributed by atoms with E-state index in [2.05, 4.69) is 12.1 Å². The van der Waals surface area contributed by atoms with Crippen molar-refractivity contribution in [2.75, 3.05) is 11.9 Å². The zero-order valence-electron chi connectivity index (χ0n) is 12.3. The molecule has 21 heavy (non-hydrogen) atoms. The number of amidine groups is 1.